The van der Waals surface area contributed by atoms with Crippen LogP contribution in [0.15, 0.2) is 0 Å². The summed E-state index contributed by atoms with van der Waals surface area (Å²) in [6.07, 6.45) is 0.778. The highest BCUT2D eigenvalue weighted by molar-refractivity contribution is 5.79. The van der Waals surface area contributed by atoms with E-state index in [2.05, 4.69) is 5.32 Å². The van der Waals surface area contributed by atoms with Gasteiger partial charge in [0.05, 0.1) is 19.1 Å². The first-order valence-electron chi connectivity index (χ1n) is 5.74. The van der Waals surface area contributed by atoms with Crippen LogP contribution in [0.5, 0.6) is 0 Å². The molecule has 0 saturated carbocycles. The van der Waals surface area contributed by atoms with Crippen molar-refractivity contribution < 1.29 is 19.0 Å². The van der Waals surface area contributed by atoms with Gasteiger partial charge in [0.2, 0.25) is 5.91 Å². The van der Waals surface area contributed by atoms with Crippen LogP contribution >= 0.6 is 0 Å². The normalized spacial score (nSPS) is 32.9. The van der Waals surface area contributed by atoms with Gasteiger partial charge in [-0.25, -0.2) is 0 Å². The quantitative estimate of drug-likeness (QED) is 0.755. The molecule has 2 atom stereocenters. The van der Waals surface area contributed by atoms with E-state index in [4.69, 9.17) is 14.2 Å². The molecule has 0 aromatic heterocycles. The van der Waals surface area contributed by atoms with Crippen molar-refractivity contribution >= 4 is 5.91 Å². The molecule has 2 aliphatic rings. The molecule has 16 heavy (non-hydrogen) atoms. The van der Waals surface area contributed by atoms with Gasteiger partial charge in [-0.2, -0.15) is 0 Å². The van der Waals surface area contributed by atoms with Gasteiger partial charge in [-0.15, -0.1) is 0 Å². The van der Waals surface area contributed by atoms with Crippen molar-refractivity contribution in [1.82, 2.24) is 5.32 Å². The van der Waals surface area contributed by atoms with E-state index in [1.54, 1.807) is 0 Å². The molecule has 5 nitrogen and oxygen atoms in total. The first kappa shape index (κ1) is 11.8. The molecule has 2 unspecified atom stereocenters. The van der Waals surface area contributed by atoms with Crippen LogP contribution in [-0.4, -0.2) is 44.2 Å². The Labute approximate surface area is 95.4 Å². The molecule has 2 rings (SSSR count). The Balaban J connectivity index is 1.69. The predicted octanol–water partition coefficient (Wildman–Crippen LogP) is 0.291. The van der Waals surface area contributed by atoms with Crippen LogP contribution in [0, 0.1) is 5.92 Å². The number of ether oxygens (including phenoxy) is 3. The topological polar surface area (TPSA) is 56.8 Å². The standard InChI is InChI=1S/C11H19NO4/c1-11(2)15-7-9(16-11)5-12-10(13)8-3-4-14-6-8/h8-9H,3-7H2,1-2H3,(H,12,13). The number of rotatable bonds is 3. The molecular formula is C11H19NO4. The third-order valence-corrected chi connectivity index (χ3v) is 2.87. The summed E-state index contributed by atoms with van der Waals surface area (Å²) >= 11 is 0. The van der Waals surface area contributed by atoms with Crippen LogP contribution in [0.4, 0.5) is 0 Å². The Morgan fingerprint density at radius 1 is 1.44 bits per heavy atom. The van der Waals surface area contributed by atoms with Crippen molar-refractivity contribution in [3.05, 3.63) is 0 Å². The van der Waals surface area contributed by atoms with Crippen LogP contribution < -0.4 is 5.32 Å². The van der Waals surface area contributed by atoms with Gasteiger partial charge in [-0.1, -0.05) is 0 Å². The SMILES string of the molecule is CC1(C)OCC(CNC(=O)C2CCOC2)O1. The molecule has 0 aromatic rings. The number of carbonyl (C=O) groups is 1. The number of hydrogen-bond acceptors (Lipinski definition) is 4. The third kappa shape index (κ3) is 2.93. The van der Waals surface area contributed by atoms with Gasteiger partial charge >= 0.3 is 0 Å². The second kappa shape index (κ2) is 4.69. The van der Waals surface area contributed by atoms with E-state index >= 15 is 0 Å². The average Bonchev–Trinajstić information content (AvgIpc) is 2.83. The molecule has 0 aliphatic carbocycles. The van der Waals surface area contributed by atoms with Gasteiger partial charge in [0, 0.05) is 13.2 Å². The van der Waals surface area contributed by atoms with Crippen molar-refractivity contribution in [1.29, 1.82) is 0 Å². The van der Waals surface area contributed by atoms with Gasteiger partial charge < -0.3 is 19.5 Å². The van der Waals surface area contributed by atoms with Crippen LogP contribution in [0.2, 0.25) is 0 Å². The van der Waals surface area contributed by atoms with Crippen LogP contribution in [-0.2, 0) is 19.0 Å². The first-order valence-corrected chi connectivity index (χ1v) is 5.74. The summed E-state index contributed by atoms with van der Waals surface area (Å²) in [5, 5.41) is 2.88. The lowest BCUT2D eigenvalue weighted by atomic mass is 10.1. The summed E-state index contributed by atoms with van der Waals surface area (Å²) in [6.45, 7) is 6.03. The maximum atomic E-state index is 11.7. The van der Waals surface area contributed by atoms with E-state index in [0.29, 0.717) is 26.4 Å². The highest BCUT2D eigenvalue weighted by Crippen LogP contribution is 2.21. The second-order valence-corrected chi connectivity index (χ2v) is 4.76. The number of nitrogens with one attached hydrogen (secondary N) is 1. The maximum absolute atomic E-state index is 11.7. The largest absolute Gasteiger partial charge is 0.381 e. The van der Waals surface area contributed by atoms with E-state index in [9.17, 15) is 4.79 Å². The van der Waals surface area contributed by atoms with Crippen molar-refractivity contribution in [2.45, 2.75) is 32.2 Å². The molecule has 2 fully saturated rings. The number of hydrogen-bond donors (Lipinski definition) is 1. The van der Waals surface area contributed by atoms with Gasteiger partial charge in [-0.3, -0.25) is 4.79 Å². The Kier molecular flexibility index (Phi) is 3.47. The lowest BCUT2D eigenvalue weighted by Crippen LogP contribution is -2.38. The fraction of sp³-hybridized carbons (Fsp3) is 0.909. The molecule has 1 N–H and O–H groups in total. The van der Waals surface area contributed by atoms with Crippen molar-refractivity contribution in [2.75, 3.05) is 26.4 Å². The van der Waals surface area contributed by atoms with E-state index in [1.807, 2.05) is 13.8 Å². The number of carbonyl (C=O) groups excluding carboxylic acids is 1. The summed E-state index contributed by atoms with van der Waals surface area (Å²) in [5.41, 5.74) is 0. The Morgan fingerprint density at radius 3 is 2.81 bits per heavy atom. The third-order valence-electron chi connectivity index (χ3n) is 2.87. The Morgan fingerprint density at radius 2 is 2.25 bits per heavy atom. The van der Waals surface area contributed by atoms with Gasteiger partial charge in [0.1, 0.15) is 6.10 Å². The molecule has 0 aromatic carbocycles. The zero-order valence-electron chi connectivity index (χ0n) is 9.82. The Hall–Kier alpha value is -0.650. The monoisotopic (exact) mass is 229 g/mol. The Bertz CT molecular complexity index is 261. The number of amides is 1. The van der Waals surface area contributed by atoms with Crippen LogP contribution in [0.3, 0.4) is 0 Å². The van der Waals surface area contributed by atoms with Crippen LogP contribution in [0.1, 0.15) is 20.3 Å². The molecule has 0 spiro atoms. The minimum absolute atomic E-state index is 0.00957. The van der Waals surface area contributed by atoms with Crippen molar-refractivity contribution in [3.8, 4) is 0 Å². The molecular weight excluding hydrogens is 210 g/mol. The summed E-state index contributed by atoms with van der Waals surface area (Å²) < 4.78 is 16.2. The highest BCUT2D eigenvalue weighted by atomic mass is 16.7. The predicted molar refractivity (Wildman–Crippen MR) is 56.8 cm³/mol. The molecule has 0 bridgehead atoms. The molecule has 0 radical (unpaired) electrons. The second-order valence-electron chi connectivity index (χ2n) is 4.76. The fourth-order valence-electron chi connectivity index (χ4n) is 1.96. The summed E-state index contributed by atoms with van der Waals surface area (Å²) in [6, 6.07) is 0. The zero-order valence-corrected chi connectivity index (χ0v) is 9.82. The molecule has 2 saturated heterocycles. The summed E-state index contributed by atoms with van der Waals surface area (Å²) in [5.74, 6) is -0.451. The van der Waals surface area contributed by atoms with E-state index in [-0.39, 0.29) is 17.9 Å². The van der Waals surface area contributed by atoms with Crippen LogP contribution in [0.25, 0.3) is 0 Å². The van der Waals surface area contributed by atoms with Gasteiger partial charge in [0.15, 0.2) is 5.79 Å². The minimum Gasteiger partial charge on any atom is -0.381 e. The van der Waals surface area contributed by atoms with Crippen molar-refractivity contribution in [3.63, 3.8) is 0 Å². The molecule has 5 heteroatoms. The van der Waals surface area contributed by atoms with E-state index in [1.165, 1.54) is 0 Å². The molecule has 2 aliphatic heterocycles. The lowest BCUT2D eigenvalue weighted by molar-refractivity contribution is -0.140. The average molecular weight is 229 g/mol. The molecule has 92 valence electrons. The van der Waals surface area contributed by atoms with Gasteiger partial charge in [0.25, 0.3) is 0 Å². The van der Waals surface area contributed by atoms with Crippen molar-refractivity contribution in [2.24, 2.45) is 5.92 Å². The van der Waals surface area contributed by atoms with E-state index < -0.39 is 5.79 Å². The van der Waals surface area contributed by atoms with Gasteiger partial charge in [-0.05, 0) is 20.3 Å². The molecule has 1 amide bonds. The highest BCUT2D eigenvalue weighted by Gasteiger charge is 2.33. The molecule has 2 heterocycles. The summed E-state index contributed by atoms with van der Waals surface area (Å²) in [4.78, 5) is 11.7. The lowest BCUT2D eigenvalue weighted by Gasteiger charge is -2.17. The fourth-order valence-corrected chi connectivity index (χ4v) is 1.96. The summed E-state index contributed by atoms with van der Waals surface area (Å²) in [7, 11) is 0. The van der Waals surface area contributed by atoms with E-state index in [0.717, 1.165) is 6.42 Å². The smallest absolute Gasteiger partial charge is 0.225 e. The zero-order chi connectivity index (χ0) is 11.6. The first-order chi connectivity index (χ1) is 7.57. The minimum atomic E-state index is -0.522. The maximum Gasteiger partial charge on any atom is 0.225 e.